The number of furan rings is 1. The molecule has 0 saturated heterocycles. The number of fused-ring (bicyclic) bond motifs is 9. The Labute approximate surface area is 314 Å². The van der Waals surface area contributed by atoms with Crippen LogP contribution >= 0.6 is 0 Å². The van der Waals surface area contributed by atoms with E-state index >= 15 is 0 Å². The molecule has 3 nitrogen and oxygen atoms in total. The fourth-order valence-corrected chi connectivity index (χ4v) is 9.22. The van der Waals surface area contributed by atoms with Gasteiger partial charge >= 0.3 is 0 Å². The van der Waals surface area contributed by atoms with Gasteiger partial charge in [0.15, 0.2) is 0 Å². The molecule has 0 N–H and O–H groups in total. The molecule has 2 aromatic heterocycles. The van der Waals surface area contributed by atoms with Crippen LogP contribution in [0.25, 0.3) is 71.7 Å². The molecular weight excluding hydrogens is 657 g/mol. The van der Waals surface area contributed by atoms with E-state index in [0.717, 1.165) is 50.1 Å². The Balaban J connectivity index is 1.17. The number of aromatic nitrogens is 1. The normalized spacial score (nSPS) is 13.1. The molecule has 256 valence electrons. The van der Waals surface area contributed by atoms with Crippen LogP contribution in [0.5, 0.6) is 0 Å². The van der Waals surface area contributed by atoms with Gasteiger partial charge in [0.25, 0.3) is 0 Å². The lowest BCUT2D eigenvalue weighted by atomic mass is 9.81. The van der Waals surface area contributed by atoms with E-state index in [1.54, 1.807) is 0 Å². The van der Waals surface area contributed by atoms with Gasteiger partial charge in [-0.2, -0.15) is 0 Å². The first kappa shape index (κ1) is 30.8. The number of nitrogens with zero attached hydrogens (tertiary/aromatic N) is 2. The fraction of sp³-hybridized carbons (Fsp3) is 0.0588. The maximum Gasteiger partial charge on any atom is 0.143 e. The Morgan fingerprint density at radius 3 is 1.98 bits per heavy atom. The molecule has 11 rings (SSSR count). The Morgan fingerprint density at radius 2 is 1.11 bits per heavy atom. The van der Waals surface area contributed by atoms with Crippen molar-refractivity contribution in [2.24, 2.45) is 0 Å². The molecule has 0 amide bonds. The lowest BCUT2D eigenvalue weighted by molar-refractivity contribution is 0.661. The second-order valence-electron chi connectivity index (χ2n) is 14.9. The van der Waals surface area contributed by atoms with E-state index in [0.29, 0.717) is 0 Å². The molecule has 1 aliphatic carbocycles. The highest BCUT2D eigenvalue weighted by Crippen LogP contribution is 2.55. The predicted molar refractivity (Wildman–Crippen MR) is 226 cm³/mol. The Bertz CT molecular complexity index is 3070. The third kappa shape index (κ3) is 4.36. The first-order valence-electron chi connectivity index (χ1n) is 18.7. The molecule has 8 aromatic carbocycles. The Hall–Kier alpha value is -6.84. The van der Waals surface area contributed by atoms with Gasteiger partial charge in [-0.05, 0) is 82.4 Å². The van der Waals surface area contributed by atoms with Crippen LogP contribution in [0.2, 0.25) is 0 Å². The zero-order chi connectivity index (χ0) is 36.0. The maximum atomic E-state index is 6.47. The highest BCUT2D eigenvalue weighted by Gasteiger charge is 2.39. The van der Waals surface area contributed by atoms with Gasteiger partial charge < -0.3 is 13.9 Å². The number of benzene rings is 8. The molecule has 2 heterocycles. The third-order valence-electron chi connectivity index (χ3n) is 11.6. The topological polar surface area (TPSA) is 21.3 Å². The average molecular weight is 693 g/mol. The minimum atomic E-state index is -0.205. The summed E-state index contributed by atoms with van der Waals surface area (Å²) < 4.78 is 8.87. The molecule has 0 spiro atoms. The summed E-state index contributed by atoms with van der Waals surface area (Å²) in [6.45, 7) is 4.75. The van der Waals surface area contributed by atoms with E-state index in [4.69, 9.17) is 4.42 Å². The van der Waals surface area contributed by atoms with Crippen LogP contribution in [0.3, 0.4) is 0 Å². The van der Waals surface area contributed by atoms with Crippen molar-refractivity contribution in [2.75, 3.05) is 4.90 Å². The molecular formula is C51H36N2O. The van der Waals surface area contributed by atoms with Gasteiger partial charge in [-0.15, -0.1) is 0 Å². The average Bonchev–Trinajstić information content (AvgIpc) is 3.85. The molecule has 0 radical (unpaired) electrons. The lowest BCUT2D eigenvalue weighted by Gasteiger charge is -2.32. The van der Waals surface area contributed by atoms with E-state index in [1.807, 2.05) is 12.1 Å². The van der Waals surface area contributed by atoms with Gasteiger partial charge in [-0.1, -0.05) is 141 Å². The molecule has 54 heavy (non-hydrogen) atoms. The lowest BCUT2D eigenvalue weighted by Crippen LogP contribution is -2.20. The first-order valence-corrected chi connectivity index (χ1v) is 18.7. The summed E-state index contributed by atoms with van der Waals surface area (Å²) in [6, 6.07) is 65.8. The van der Waals surface area contributed by atoms with Gasteiger partial charge in [0.1, 0.15) is 11.2 Å². The minimum absolute atomic E-state index is 0.205. The number of hydrogen-bond acceptors (Lipinski definition) is 2. The number of para-hydroxylation sites is 4. The van der Waals surface area contributed by atoms with Gasteiger partial charge in [-0.25, -0.2) is 0 Å². The van der Waals surface area contributed by atoms with Crippen molar-refractivity contribution >= 4 is 60.8 Å². The summed E-state index contributed by atoms with van der Waals surface area (Å²) >= 11 is 0. The summed E-state index contributed by atoms with van der Waals surface area (Å²) in [5.41, 5.74) is 16.1. The highest BCUT2D eigenvalue weighted by molar-refractivity contribution is 6.17. The second-order valence-corrected chi connectivity index (χ2v) is 14.9. The predicted octanol–water partition coefficient (Wildman–Crippen LogP) is 14.1. The van der Waals surface area contributed by atoms with E-state index < -0.39 is 0 Å². The van der Waals surface area contributed by atoms with E-state index in [-0.39, 0.29) is 5.41 Å². The smallest absolute Gasteiger partial charge is 0.143 e. The zero-order valence-corrected chi connectivity index (χ0v) is 30.1. The molecule has 0 unspecified atom stereocenters. The summed E-state index contributed by atoms with van der Waals surface area (Å²) in [5.74, 6) is 0. The van der Waals surface area contributed by atoms with Crippen molar-refractivity contribution in [3.8, 4) is 27.9 Å². The van der Waals surface area contributed by atoms with Crippen LogP contribution in [-0.2, 0) is 5.41 Å². The van der Waals surface area contributed by atoms with Crippen LogP contribution in [-0.4, -0.2) is 4.57 Å². The largest absolute Gasteiger partial charge is 0.455 e. The van der Waals surface area contributed by atoms with Crippen LogP contribution < -0.4 is 4.90 Å². The van der Waals surface area contributed by atoms with Crippen LogP contribution in [0.1, 0.15) is 25.0 Å². The van der Waals surface area contributed by atoms with Crippen molar-refractivity contribution in [1.82, 2.24) is 4.57 Å². The molecule has 0 fully saturated rings. The van der Waals surface area contributed by atoms with Crippen LogP contribution in [0.15, 0.2) is 186 Å². The molecule has 0 bridgehead atoms. The maximum absolute atomic E-state index is 6.47. The minimum Gasteiger partial charge on any atom is -0.455 e. The van der Waals surface area contributed by atoms with Gasteiger partial charge in [0, 0.05) is 43.9 Å². The number of anilines is 3. The number of hydrogen-bond donors (Lipinski definition) is 0. The van der Waals surface area contributed by atoms with Gasteiger partial charge in [0.05, 0.1) is 22.4 Å². The van der Waals surface area contributed by atoms with E-state index in [2.05, 4.69) is 193 Å². The molecule has 10 aromatic rings. The second kappa shape index (κ2) is 11.6. The quantitative estimate of drug-likeness (QED) is 0.179. The van der Waals surface area contributed by atoms with Crippen LogP contribution in [0.4, 0.5) is 17.1 Å². The molecule has 0 saturated carbocycles. The summed E-state index contributed by atoms with van der Waals surface area (Å²) in [7, 11) is 0. The summed E-state index contributed by atoms with van der Waals surface area (Å²) in [5, 5.41) is 4.72. The van der Waals surface area contributed by atoms with Crippen LogP contribution in [0, 0.1) is 0 Å². The zero-order valence-electron chi connectivity index (χ0n) is 30.1. The fourth-order valence-electron chi connectivity index (χ4n) is 9.22. The van der Waals surface area contributed by atoms with Crippen molar-refractivity contribution in [3.63, 3.8) is 0 Å². The Kier molecular flexibility index (Phi) is 6.60. The Morgan fingerprint density at radius 1 is 0.481 bits per heavy atom. The summed E-state index contributed by atoms with van der Waals surface area (Å²) in [6.07, 6.45) is 0. The molecule has 0 aliphatic heterocycles. The van der Waals surface area contributed by atoms with E-state index in [1.165, 1.54) is 49.7 Å². The highest BCUT2D eigenvalue weighted by atomic mass is 16.3. The molecule has 3 heteroatoms. The van der Waals surface area contributed by atoms with Crippen molar-refractivity contribution < 1.29 is 4.42 Å². The molecule has 1 aliphatic rings. The van der Waals surface area contributed by atoms with Gasteiger partial charge in [-0.3, -0.25) is 0 Å². The SMILES string of the molecule is CC1(C)c2ccccc2-c2cccc(N(c3ccc(-c4cccc5c4oc4ccccc45)cc3)c3cccc4c3c3ccccc3n4-c3ccccc3)c21. The van der Waals surface area contributed by atoms with Gasteiger partial charge in [0.2, 0.25) is 0 Å². The standard InChI is InChI=1S/C51H36N2O/c1-51(2)42-23-9-6-17-37(42)39-21-13-27-46(49(39)51)53(35-31-29-33(30-32-35)36-20-12-22-40-38-18-8-11-28-47(38)54-50(36)40)45-26-14-25-44-48(45)41-19-7-10-24-43(41)52(44)34-15-4-3-5-16-34/h3-32H,1-2H3. The van der Waals surface area contributed by atoms with Crippen molar-refractivity contribution in [3.05, 3.63) is 193 Å². The van der Waals surface area contributed by atoms with E-state index in [9.17, 15) is 0 Å². The monoisotopic (exact) mass is 692 g/mol. The summed E-state index contributed by atoms with van der Waals surface area (Å²) in [4.78, 5) is 2.50. The van der Waals surface area contributed by atoms with Crippen molar-refractivity contribution in [1.29, 1.82) is 0 Å². The number of rotatable bonds is 5. The van der Waals surface area contributed by atoms with Crippen molar-refractivity contribution in [2.45, 2.75) is 19.3 Å². The first-order chi connectivity index (χ1) is 26.6. The molecule has 0 atom stereocenters. The third-order valence-corrected chi connectivity index (χ3v) is 11.6.